The lowest BCUT2D eigenvalue weighted by molar-refractivity contribution is -0.148. The van der Waals surface area contributed by atoms with Crippen molar-refractivity contribution in [1.29, 1.82) is 0 Å². The normalized spacial score (nSPS) is 26.8. The molecule has 254 valence electrons. The van der Waals surface area contributed by atoms with Crippen molar-refractivity contribution in [2.45, 2.75) is 63.4 Å². The number of esters is 1. The number of hydrogen-bond donors (Lipinski definition) is 3. The Morgan fingerprint density at radius 3 is 2.67 bits per heavy atom. The largest absolute Gasteiger partial charge is 0.464 e. The molecule has 0 amide bonds. The molecule has 14 nitrogen and oxygen atoms in total. The number of nitrogens with zero attached hydrogens (tertiary/aromatic N) is 5. The highest BCUT2D eigenvalue weighted by atomic mass is 31.2. The number of ether oxygens (including phenoxy) is 2. The average molecular weight is 682 g/mol. The van der Waals surface area contributed by atoms with E-state index in [9.17, 15) is 14.5 Å². The number of nitrogen functional groups attached to an aromatic ring is 1. The van der Waals surface area contributed by atoms with Crippen molar-refractivity contribution in [1.82, 2.24) is 24.6 Å². The Kier molecular flexibility index (Phi) is 8.17. The maximum atomic E-state index is 17.0. The van der Waals surface area contributed by atoms with Crippen LogP contribution < -0.4 is 20.2 Å². The van der Waals surface area contributed by atoms with Crippen LogP contribution in [0.25, 0.3) is 21.9 Å². The first kappa shape index (κ1) is 33.6. The Bertz CT molecular complexity index is 1990. The topological polar surface area (TPSA) is 176 Å². The number of nitrogens with two attached hydrogens (primary N) is 1. The minimum Gasteiger partial charge on any atom is -0.464 e. The molecule has 1 aliphatic heterocycles. The number of imidazole rings is 1. The first-order chi connectivity index (χ1) is 22.5. The molecule has 6 rings (SSSR count). The highest BCUT2D eigenvalue weighted by Crippen LogP contribution is 2.66. The molecule has 2 aliphatic rings. The summed E-state index contributed by atoms with van der Waals surface area (Å²) in [4.78, 5) is 27.3. The van der Waals surface area contributed by atoms with Gasteiger partial charge in [-0.2, -0.15) is 15.1 Å². The lowest BCUT2D eigenvalue weighted by atomic mass is 9.96. The van der Waals surface area contributed by atoms with Gasteiger partial charge in [0.15, 0.2) is 28.8 Å². The van der Waals surface area contributed by atoms with Gasteiger partial charge in [-0.05, 0) is 23.8 Å². The second kappa shape index (κ2) is 11.7. The number of terminal acetylenes is 1. The lowest BCUT2D eigenvalue weighted by Crippen LogP contribution is -2.47. The number of anilines is 2. The zero-order chi connectivity index (χ0) is 34.8. The average Bonchev–Trinajstić information content (AvgIpc) is 3.27. The molecule has 2 fully saturated rings. The van der Waals surface area contributed by atoms with Gasteiger partial charge in [0.1, 0.15) is 24.0 Å². The molecule has 0 radical (unpaired) electrons. The van der Waals surface area contributed by atoms with E-state index in [1.54, 1.807) is 43.3 Å². The number of halogens is 1. The van der Waals surface area contributed by atoms with Gasteiger partial charge in [-0.3, -0.25) is 13.9 Å². The van der Waals surface area contributed by atoms with E-state index in [0.717, 1.165) is 5.39 Å². The van der Waals surface area contributed by atoms with Crippen LogP contribution in [0, 0.1) is 17.8 Å². The Hall–Kier alpha value is -4.32. The fraction of sp³-hybridized carbons (Fsp3) is 0.438. The van der Waals surface area contributed by atoms with Crippen molar-refractivity contribution < 1.29 is 37.4 Å². The van der Waals surface area contributed by atoms with E-state index < -0.39 is 49.5 Å². The highest BCUT2D eigenvalue weighted by molar-refractivity contribution is 7.52. The summed E-state index contributed by atoms with van der Waals surface area (Å²) in [6.07, 6.45) is 2.38. The SMILES string of the molecule is C#C[C@]1(F)[C@H](n2cnc3c(N(C)C)nc(N)nc32)O[C@@H]2C(O[P@@](=O)(N[C@@H](C)C(=O)OCC(C)(C)C)Oc3cccc4ccccc34)[C@@]21O. The predicted octanol–water partition coefficient (Wildman–Crippen LogP) is 3.75. The van der Waals surface area contributed by atoms with E-state index in [-0.39, 0.29) is 29.4 Å². The fourth-order valence-electron chi connectivity index (χ4n) is 5.65. The Balaban J connectivity index is 1.31. The number of aromatic nitrogens is 4. The molecule has 4 N–H and O–H groups in total. The van der Waals surface area contributed by atoms with Gasteiger partial charge in [0.2, 0.25) is 11.6 Å². The van der Waals surface area contributed by atoms with E-state index >= 15 is 4.39 Å². The number of benzene rings is 2. The van der Waals surface area contributed by atoms with Gasteiger partial charge < -0.3 is 29.7 Å². The summed E-state index contributed by atoms with van der Waals surface area (Å²) in [6.45, 7) is 7.18. The van der Waals surface area contributed by atoms with Crippen LogP contribution in [0.15, 0.2) is 48.8 Å². The van der Waals surface area contributed by atoms with E-state index in [1.807, 2.05) is 44.9 Å². The maximum absolute atomic E-state index is 17.0. The van der Waals surface area contributed by atoms with Crippen molar-refractivity contribution in [3.63, 3.8) is 0 Å². The van der Waals surface area contributed by atoms with E-state index in [2.05, 4.69) is 20.0 Å². The van der Waals surface area contributed by atoms with Crippen LogP contribution in [0.1, 0.15) is 33.9 Å². The fourth-order valence-corrected chi connectivity index (χ4v) is 7.37. The van der Waals surface area contributed by atoms with Crippen LogP contribution >= 0.6 is 7.75 Å². The summed E-state index contributed by atoms with van der Waals surface area (Å²) >= 11 is 0. The van der Waals surface area contributed by atoms with Crippen LogP contribution in [-0.4, -0.2) is 80.8 Å². The third-order valence-corrected chi connectivity index (χ3v) is 9.76. The summed E-state index contributed by atoms with van der Waals surface area (Å²) in [5, 5.41) is 15.7. The molecule has 2 aromatic heterocycles. The first-order valence-corrected chi connectivity index (χ1v) is 16.7. The molecule has 1 saturated heterocycles. The first-order valence-electron chi connectivity index (χ1n) is 15.1. The molecule has 3 heterocycles. The number of nitrogens with one attached hydrogen (secondary N) is 1. The van der Waals surface area contributed by atoms with Crippen molar-refractivity contribution in [3.8, 4) is 18.1 Å². The Labute approximate surface area is 276 Å². The standard InChI is InChI=1S/C32H37FN7O7P/c1-8-31(33)28(40-17-35-22-25(39(6)7)36-29(34)37-26(22)40)45-23-24(32(23,31)42)47-48(43,38-18(2)27(41)44-16-30(3,4)5)46-21-15-11-13-19-12-9-10-14-20(19)21/h1,9-15,17-18,23-24,28,42H,16H2,2-7H3,(H,38,43)(H2,34,36,37)/t18-,23+,24?,28+,31-,32-,48+/m0/s1. The summed E-state index contributed by atoms with van der Waals surface area (Å²) in [6, 6.07) is 11.1. The van der Waals surface area contributed by atoms with E-state index in [4.69, 9.17) is 30.7 Å². The second-order valence-corrected chi connectivity index (χ2v) is 15.0. The van der Waals surface area contributed by atoms with Gasteiger partial charge in [0, 0.05) is 19.5 Å². The van der Waals surface area contributed by atoms with Crippen molar-refractivity contribution >= 4 is 47.4 Å². The zero-order valence-electron chi connectivity index (χ0n) is 27.2. The molecule has 2 aromatic carbocycles. The summed E-state index contributed by atoms with van der Waals surface area (Å²) in [5.41, 5.74) is 0.583. The molecule has 4 aromatic rings. The molecule has 0 spiro atoms. The molecule has 48 heavy (non-hydrogen) atoms. The van der Waals surface area contributed by atoms with Gasteiger partial charge in [0.05, 0.1) is 12.9 Å². The molecule has 0 bridgehead atoms. The van der Waals surface area contributed by atoms with Crippen LogP contribution in [-0.2, 0) is 23.4 Å². The lowest BCUT2D eigenvalue weighted by Gasteiger charge is -2.31. The highest BCUT2D eigenvalue weighted by Gasteiger charge is 2.87. The minimum absolute atomic E-state index is 0.0922. The van der Waals surface area contributed by atoms with E-state index in [1.165, 1.54) is 17.8 Å². The van der Waals surface area contributed by atoms with Gasteiger partial charge in [-0.15, -0.1) is 6.42 Å². The molecule has 16 heteroatoms. The Morgan fingerprint density at radius 2 is 1.98 bits per heavy atom. The number of carbonyl (C=O) groups is 1. The van der Waals surface area contributed by atoms with Crippen molar-refractivity contribution in [2.75, 3.05) is 31.3 Å². The second-order valence-electron chi connectivity index (χ2n) is 13.3. The molecule has 7 atom stereocenters. The third kappa shape index (κ3) is 5.63. The third-order valence-electron chi connectivity index (χ3n) is 8.11. The van der Waals surface area contributed by atoms with Crippen LogP contribution in [0.3, 0.4) is 0 Å². The molecule has 1 aliphatic carbocycles. The van der Waals surface area contributed by atoms with E-state index in [0.29, 0.717) is 16.7 Å². The van der Waals surface area contributed by atoms with Crippen LogP contribution in [0.2, 0.25) is 0 Å². The summed E-state index contributed by atoms with van der Waals surface area (Å²) in [7, 11) is -1.15. The van der Waals surface area contributed by atoms with Gasteiger partial charge in [-0.1, -0.05) is 63.1 Å². The number of carbonyl (C=O) groups excluding carboxylic acids is 1. The molecule has 1 saturated carbocycles. The summed E-state index contributed by atoms with van der Waals surface area (Å²) in [5.74, 6) is 1.72. The number of aliphatic hydroxyl groups is 1. The molecular weight excluding hydrogens is 644 g/mol. The van der Waals surface area contributed by atoms with Crippen LogP contribution in [0.5, 0.6) is 5.75 Å². The molecule has 1 unspecified atom stereocenters. The number of fused-ring (bicyclic) bond motifs is 3. The van der Waals surface area contributed by atoms with Gasteiger partial charge in [-0.25, -0.2) is 13.9 Å². The monoisotopic (exact) mass is 681 g/mol. The smallest absolute Gasteiger partial charge is 0.459 e. The predicted molar refractivity (Wildman–Crippen MR) is 176 cm³/mol. The number of alkyl halides is 1. The van der Waals surface area contributed by atoms with Gasteiger partial charge >= 0.3 is 13.7 Å². The number of rotatable bonds is 10. The van der Waals surface area contributed by atoms with Crippen molar-refractivity contribution in [2.24, 2.45) is 5.41 Å². The van der Waals surface area contributed by atoms with Gasteiger partial charge in [0.25, 0.3) is 0 Å². The zero-order valence-corrected chi connectivity index (χ0v) is 28.1. The quantitative estimate of drug-likeness (QED) is 0.125. The van der Waals surface area contributed by atoms with Crippen LogP contribution in [0.4, 0.5) is 16.2 Å². The minimum atomic E-state index is -4.61. The Morgan fingerprint density at radius 1 is 1.27 bits per heavy atom. The van der Waals surface area contributed by atoms with Crippen molar-refractivity contribution in [3.05, 3.63) is 48.8 Å². The summed E-state index contributed by atoms with van der Waals surface area (Å²) < 4.78 is 56.0. The molecular formula is C32H37FN7O7P. The maximum Gasteiger partial charge on any atom is 0.459 e. The number of hydrogen-bond acceptors (Lipinski definition) is 12.